The Bertz CT molecular complexity index is 360. The topological polar surface area (TPSA) is 21.3 Å². The molecule has 0 amide bonds. The molecular formula is C16H25NOS. The first-order valence-corrected chi connectivity index (χ1v) is 8.28. The van der Waals surface area contributed by atoms with Crippen molar-refractivity contribution >= 4 is 11.8 Å². The van der Waals surface area contributed by atoms with Gasteiger partial charge in [-0.15, -0.1) is 11.8 Å². The second-order valence-electron chi connectivity index (χ2n) is 5.27. The number of rotatable bonds is 6. The summed E-state index contributed by atoms with van der Waals surface area (Å²) in [5.74, 6) is 1.80. The van der Waals surface area contributed by atoms with Gasteiger partial charge in [-0.2, -0.15) is 0 Å². The second kappa shape index (κ2) is 7.93. The van der Waals surface area contributed by atoms with Gasteiger partial charge in [-0.05, 0) is 44.4 Å². The van der Waals surface area contributed by atoms with Crippen LogP contribution >= 0.6 is 11.8 Å². The molecule has 2 atom stereocenters. The highest BCUT2D eigenvalue weighted by atomic mass is 32.2. The van der Waals surface area contributed by atoms with Crippen LogP contribution in [0.5, 0.6) is 0 Å². The first kappa shape index (κ1) is 14.9. The molecule has 19 heavy (non-hydrogen) atoms. The highest BCUT2D eigenvalue weighted by Gasteiger charge is 2.23. The van der Waals surface area contributed by atoms with Crippen LogP contribution in [0.25, 0.3) is 0 Å². The number of thioether (sulfide) groups is 1. The van der Waals surface area contributed by atoms with Gasteiger partial charge in [0.15, 0.2) is 0 Å². The van der Waals surface area contributed by atoms with Gasteiger partial charge in [-0.1, -0.05) is 24.6 Å². The molecule has 1 aliphatic rings. The monoisotopic (exact) mass is 279 g/mol. The Morgan fingerprint density at radius 3 is 2.79 bits per heavy atom. The molecule has 0 bridgehead atoms. The van der Waals surface area contributed by atoms with Crippen LogP contribution in [0.3, 0.4) is 0 Å². The SMILES string of the molecule is CCNC(CSc1ccc(C)cc1)C1CCCOC1. The van der Waals surface area contributed by atoms with Crippen molar-refractivity contribution in [1.82, 2.24) is 5.32 Å². The molecule has 2 rings (SSSR count). The fourth-order valence-corrected chi connectivity index (χ4v) is 3.62. The zero-order valence-corrected chi connectivity index (χ0v) is 12.8. The highest BCUT2D eigenvalue weighted by molar-refractivity contribution is 7.99. The molecule has 1 aromatic rings. The first-order valence-electron chi connectivity index (χ1n) is 7.30. The largest absolute Gasteiger partial charge is 0.381 e. The lowest BCUT2D eigenvalue weighted by Gasteiger charge is -2.30. The molecule has 106 valence electrons. The Morgan fingerprint density at radius 2 is 2.16 bits per heavy atom. The fourth-order valence-electron chi connectivity index (χ4n) is 2.53. The maximum Gasteiger partial charge on any atom is 0.0509 e. The molecule has 0 radical (unpaired) electrons. The molecule has 1 aliphatic heterocycles. The van der Waals surface area contributed by atoms with Crippen LogP contribution in [0.4, 0.5) is 0 Å². The van der Waals surface area contributed by atoms with Gasteiger partial charge in [0, 0.05) is 23.3 Å². The van der Waals surface area contributed by atoms with E-state index in [9.17, 15) is 0 Å². The summed E-state index contributed by atoms with van der Waals surface area (Å²) >= 11 is 1.95. The van der Waals surface area contributed by atoms with Gasteiger partial charge in [0.05, 0.1) is 6.61 Å². The van der Waals surface area contributed by atoms with Crippen molar-refractivity contribution in [2.24, 2.45) is 5.92 Å². The lowest BCUT2D eigenvalue weighted by molar-refractivity contribution is 0.0429. The summed E-state index contributed by atoms with van der Waals surface area (Å²) in [7, 11) is 0. The molecule has 0 aliphatic carbocycles. The second-order valence-corrected chi connectivity index (χ2v) is 6.36. The van der Waals surface area contributed by atoms with Crippen LogP contribution in [0.2, 0.25) is 0 Å². The van der Waals surface area contributed by atoms with E-state index in [2.05, 4.69) is 43.4 Å². The third-order valence-electron chi connectivity index (χ3n) is 3.68. The summed E-state index contributed by atoms with van der Waals surface area (Å²) in [6, 6.07) is 9.39. The molecule has 0 spiro atoms. The first-order chi connectivity index (χ1) is 9.29. The van der Waals surface area contributed by atoms with Crippen molar-refractivity contribution in [1.29, 1.82) is 0 Å². The lowest BCUT2D eigenvalue weighted by Crippen LogP contribution is -2.41. The van der Waals surface area contributed by atoms with E-state index in [-0.39, 0.29) is 0 Å². The highest BCUT2D eigenvalue weighted by Crippen LogP contribution is 2.24. The predicted octanol–water partition coefficient (Wildman–Crippen LogP) is 3.49. The molecular weight excluding hydrogens is 254 g/mol. The van der Waals surface area contributed by atoms with Crippen LogP contribution in [0, 0.1) is 12.8 Å². The van der Waals surface area contributed by atoms with Crippen molar-refractivity contribution in [3.8, 4) is 0 Å². The predicted molar refractivity (Wildman–Crippen MR) is 82.9 cm³/mol. The standard InChI is InChI=1S/C16H25NOS/c1-3-17-16(14-5-4-10-18-11-14)12-19-15-8-6-13(2)7-9-15/h6-9,14,16-17H,3-5,10-12H2,1-2H3. The van der Waals surface area contributed by atoms with E-state index in [0.717, 1.165) is 25.5 Å². The third-order valence-corrected chi connectivity index (χ3v) is 4.81. The van der Waals surface area contributed by atoms with Crippen LogP contribution in [-0.2, 0) is 4.74 Å². The van der Waals surface area contributed by atoms with Crippen molar-refractivity contribution in [2.75, 3.05) is 25.5 Å². The van der Waals surface area contributed by atoms with Crippen LogP contribution in [-0.4, -0.2) is 31.6 Å². The van der Waals surface area contributed by atoms with Gasteiger partial charge in [-0.25, -0.2) is 0 Å². The van der Waals surface area contributed by atoms with Crippen molar-refractivity contribution in [3.05, 3.63) is 29.8 Å². The molecule has 1 aromatic carbocycles. The van der Waals surface area contributed by atoms with Gasteiger partial charge in [0.2, 0.25) is 0 Å². The van der Waals surface area contributed by atoms with E-state index in [4.69, 9.17) is 4.74 Å². The van der Waals surface area contributed by atoms with Gasteiger partial charge < -0.3 is 10.1 Å². The normalized spacial score (nSPS) is 21.3. The van der Waals surface area contributed by atoms with E-state index in [1.165, 1.54) is 23.3 Å². The number of hydrogen-bond acceptors (Lipinski definition) is 3. The minimum Gasteiger partial charge on any atom is -0.381 e. The molecule has 1 heterocycles. The number of benzene rings is 1. The van der Waals surface area contributed by atoms with Crippen molar-refractivity contribution in [2.45, 2.75) is 37.6 Å². The minimum absolute atomic E-state index is 0.566. The molecule has 0 saturated carbocycles. The van der Waals surface area contributed by atoms with Crippen LogP contribution < -0.4 is 5.32 Å². The summed E-state index contributed by atoms with van der Waals surface area (Å²) in [5.41, 5.74) is 1.33. The Kier molecular flexibility index (Phi) is 6.21. The van der Waals surface area contributed by atoms with Gasteiger partial charge in [-0.3, -0.25) is 0 Å². The van der Waals surface area contributed by atoms with Gasteiger partial charge in [0.1, 0.15) is 0 Å². The summed E-state index contributed by atoms with van der Waals surface area (Å²) in [6.07, 6.45) is 2.51. The Morgan fingerprint density at radius 1 is 1.37 bits per heavy atom. The minimum atomic E-state index is 0.566. The molecule has 3 heteroatoms. The summed E-state index contributed by atoms with van der Waals surface area (Å²) in [5, 5.41) is 3.63. The zero-order chi connectivity index (χ0) is 13.5. The number of nitrogens with one attached hydrogen (secondary N) is 1. The molecule has 1 N–H and O–H groups in total. The summed E-state index contributed by atoms with van der Waals surface area (Å²) < 4.78 is 5.63. The average Bonchev–Trinajstić information content (AvgIpc) is 2.46. The average molecular weight is 279 g/mol. The van der Waals surface area contributed by atoms with Gasteiger partial charge in [0.25, 0.3) is 0 Å². The Hall–Kier alpha value is -0.510. The Labute approximate surface area is 121 Å². The van der Waals surface area contributed by atoms with E-state index in [0.29, 0.717) is 12.0 Å². The Balaban J connectivity index is 1.87. The van der Waals surface area contributed by atoms with E-state index in [1.807, 2.05) is 11.8 Å². The number of hydrogen-bond donors (Lipinski definition) is 1. The summed E-state index contributed by atoms with van der Waals surface area (Å²) in [4.78, 5) is 1.37. The molecule has 1 fully saturated rings. The van der Waals surface area contributed by atoms with Crippen LogP contribution in [0.1, 0.15) is 25.3 Å². The van der Waals surface area contributed by atoms with E-state index < -0.39 is 0 Å². The number of aryl methyl sites for hydroxylation is 1. The third kappa shape index (κ3) is 4.83. The lowest BCUT2D eigenvalue weighted by atomic mass is 9.95. The van der Waals surface area contributed by atoms with Crippen molar-refractivity contribution < 1.29 is 4.74 Å². The van der Waals surface area contributed by atoms with Crippen LogP contribution in [0.15, 0.2) is 29.2 Å². The van der Waals surface area contributed by atoms with Crippen molar-refractivity contribution in [3.63, 3.8) is 0 Å². The number of ether oxygens (including phenoxy) is 1. The van der Waals surface area contributed by atoms with E-state index in [1.54, 1.807) is 0 Å². The van der Waals surface area contributed by atoms with Gasteiger partial charge >= 0.3 is 0 Å². The van der Waals surface area contributed by atoms with E-state index >= 15 is 0 Å². The molecule has 1 saturated heterocycles. The molecule has 2 unspecified atom stereocenters. The summed E-state index contributed by atoms with van der Waals surface area (Å²) in [6.45, 7) is 7.23. The molecule has 0 aromatic heterocycles. The maximum atomic E-state index is 5.63. The smallest absolute Gasteiger partial charge is 0.0509 e. The maximum absolute atomic E-state index is 5.63. The zero-order valence-electron chi connectivity index (χ0n) is 12.0. The molecule has 2 nitrogen and oxygen atoms in total. The quantitative estimate of drug-likeness (QED) is 0.805. The fraction of sp³-hybridized carbons (Fsp3) is 0.625.